The van der Waals surface area contributed by atoms with E-state index < -0.39 is 5.54 Å². The van der Waals surface area contributed by atoms with Crippen LogP contribution in [-0.4, -0.2) is 23.5 Å². The molecule has 0 spiro atoms. The largest absolute Gasteiger partial charge is 0.375 e. The van der Waals surface area contributed by atoms with Gasteiger partial charge < -0.3 is 10.5 Å². The predicted octanol–water partition coefficient (Wildman–Crippen LogP) is 1.59. The van der Waals surface area contributed by atoms with E-state index >= 15 is 0 Å². The van der Waals surface area contributed by atoms with Crippen LogP contribution in [0.2, 0.25) is 0 Å². The molecule has 18 heavy (non-hydrogen) atoms. The molecule has 0 bridgehead atoms. The van der Waals surface area contributed by atoms with Gasteiger partial charge in [0.05, 0.1) is 11.2 Å². The second-order valence-corrected chi connectivity index (χ2v) is 5.35. The number of amides is 1. The summed E-state index contributed by atoms with van der Waals surface area (Å²) in [6, 6.07) is 0. The Hall–Kier alpha value is -0.980. The smallest absolute Gasteiger partial charge is 0.237 e. The Kier molecular flexibility index (Phi) is 5.25. The van der Waals surface area contributed by atoms with Gasteiger partial charge in [0, 0.05) is 19.0 Å². The quantitative estimate of drug-likeness (QED) is 0.789. The number of carbonyl (C=O) groups excluding carboxylic acids is 1. The third-order valence-electron chi connectivity index (χ3n) is 3.18. The van der Waals surface area contributed by atoms with E-state index in [1.54, 1.807) is 25.4 Å². The van der Waals surface area contributed by atoms with E-state index in [9.17, 15) is 4.79 Å². The highest BCUT2D eigenvalue weighted by Crippen LogP contribution is 2.20. The van der Waals surface area contributed by atoms with Gasteiger partial charge in [0.2, 0.25) is 5.91 Å². The fourth-order valence-corrected chi connectivity index (χ4v) is 2.21. The maximum Gasteiger partial charge on any atom is 0.237 e. The number of hydrogen-bond donors (Lipinski definition) is 2. The molecule has 1 amide bonds. The lowest BCUT2D eigenvalue weighted by atomic mass is 9.98. The highest BCUT2D eigenvalue weighted by molar-refractivity contribution is 7.09. The molecule has 5 nitrogen and oxygen atoms in total. The van der Waals surface area contributed by atoms with E-state index in [-0.39, 0.29) is 12.0 Å². The summed E-state index contributed by atoms with van der Waals surface area (Å²) >= 11 is 1.56. The Bertz CT molecular complexity index is 408. The number of aromatic nitrogens is 1. The first-order valence-corrected chi connectivity index (χ1v) is 6.83. The summed E-state index contributed by atoms with van der Waals surface area (Å²) in [5.41, 5.74) is 5.60. The van der Waals surface area contributed by atoms with E-state index in [0.29, 0.717) is 13.0 Å². The van der Waals surface area contributed by atoms with Crippen molar-refractivity contribution >= 4 is 17.2 Å². The van der Waals surface area contributed by atoms with Gasteiger partial charge in [-0.3, -0.25) is 10.1 Å². The molecule has 0 fully saturated rings. The van der Waals surface area contributed by atoms with Crippen molar-refractivity contribution in [3.63, 3.8) is 0 Å². The average molecular weight is 271 g/mol. The van der Waals surface area contributed by atoms with Crippen LogP contribution in [0.15, 0.2) is 5.38 Å². The van der Waals surface area contributed by atoms with E-state index in [1.807, 2.05) is 19.2 Å². The van der Waals surface area contributed by atoms with Crippen LogP contribution >= 0.6 is 11.3 Å². The van der Waals surface area contributed by atoms with Gasteiger partial charge in [-0.2, -0.15) is 0 Å². The Morgan fingerprint density at radius 2 is 2.39 bits per heavy atom. The number of ether oxygens (including phenoxy) is 1. The van der Waals surface area contributed by atoms with Crippen LogP contribution in [0, 0.1) is 0 Å². The Morgan fingerprint density at radius 3 is 2.89 bits per heavy atom. The normalized spacial score (nSPS) is 16.2. The molecule has 1 aromatic rings. The van der Waals surface area contributed by atoms with Crippen LogP contribution in [0.1, 0.15) is 44.0 Å². The van der Waals surface area contributed by atoms with Crippen molar-refractivity contribution in [1.29, 1.82) is 0 Å². The van der Waals surface area contributed by atoms with Crippen LogP contribution in [0.25, 0.3) is 0 Å². The van der Waals surface area contributed by atoms with Crippen LogP contribution in [-0.2, 0) is 16.1 Å². The first-order valence-electron chi connectivity index (χ1n) is 5.95. The van der Waals surface area contributed by atoms with Gasteiger partial charge in [-0.15, -0.1) is 11.3 Å². The fourth-order valence-electron chi connectivity index (χ4n) is 1.36. The second kappa shape index (κ2) is 6.26. The molecule has 1 aromatic heterocycles. The molecule has 6 heteroatoms. The molecule has 2 atom stereocenters. The molecular weight excluding hydrogens is 250 g/mol. The third-order valence-corrected chi connectivity index (χ3v) is 4.24. The molecule has 0 aliphatic rings. The van der Waals surface area contributed by atoms with Gasteiger partial charge >= 0.3 is 0 Å². The van der Waals surface area contributed by atoms with Crippen molar-refractivity contribution in [3.8, 4) is 0 Å². The average Bonchev–Trinajstić information content (AvgIpc) is 2.83. The van der Waals surface area contributed by atoms with Gasteiger partial charge in [0.25, 0.3) is 0 Å². The first-order chi connectivity index (χ1) is 8.42. The zero-order valence-corrected chi connectivity index (χ0v) is 12.1. The standard InChI is InChI=1S/C12H21N3O2S/c1-5-12(3,11(13)16)14-6-9-7-18-10(15-9)8(2)17-4/h7-8,14H,5-6H2,1-4H3,(H2,13,16)/t8-,12-/m0/s1. The molecule has 0 unspecified atom stereocenters. The van der Waals surface area contributed by atoms with Gasteiger partial charge in [0.15, 0.2) is 0 Å². The summed E-state index contributed by atoms with van der Waals surface area (Å²) in [5, 5.41) is 6.06. The molecular formula is C12H21N3O2S. The van der Waals surface area contributed by atoms with Gasteiger partial charge in [-0.25, -0.2) is 4.98 Å². The highest BCUT2D eigenvalue weighted by atomic mass is 32.1. The zero-order chi connectivity index (χ0) is 13.8. The molecule has 0 saturated heterocycles. The van der Waals surface area contributed by atoms with Crippen molar-refractivity contribution in [2.45, 2.75) is 45.4 Å². The fraction of sp³-hybridized carbons (Fsp3) is 0.667. The Balaban J connectivity index is 2.63. The van der Waals surface area contributed by atoms with Crippen LogP contribution in [0.3, 0.4) is 0 Å². The minimum Gasteiger partial charge on any atom is -0.375 e. The predicted molar refractivity (Wildman–Crippen MR) is 72.3 cm³/mol. The molecule has 0 aliphatic heterocycles. The Labute approximate surface area is 112 Å². The SMILES string of the molecule is CC[C@](C)(NCc1csc([C@H](C)OC)n1)C(N)=O. The molecule has 102 valence electrons. The third kappa shape index (κ3) is 3.51. The lowest BCUT2D eigenvalue weighted by Crippen LogP contribution is -2.52. The Morgan fingerprint density at radius 1 is 1.72 bits per heavy atom. The summed E-state index contributed by atoms with van der Waals surface area (Å²) < 4.78 is 5.21. The van der Waals surface area contributed by atoms with E-state index in [1.165, 1.54) is 0 Å². The van der Waals surface area contributed by atoms with Crippen molar-refractivity contribution < 1.29 is 9.53 Å². The lowest BCUT2D eigenvalue weighted by molar-refractivity contribution is -0.124. The van der Waals surface area contributed by atoms with Gasteiger partial charge in [-0.05, 0) is 20.3 Å². The van der Waals surface area contributed by atoms with Gasteiger partial charge in [-0.1, -0.05) is 6.92 Å². The molecule has 1 rings (SSSR count). The van der Waals surface area contributed by atoms with Crippen LogP contribution in [0.4, 0.5) is 0 Å². The van der Waals surface area contributed by atoms with Crippen molar-refractivity contribution in [3.05, 3.63) is 16.1 Å². The number of methoxy groups -OCH3 is 1. The number of nitrogens with zero attached hydrogens (tertiary/aromatic N) is 1. The molecule has 3 N–H and O–H groups in total. The molecule has 0 saturated carbocycles. The van der Waals surface area contributed by atoms with Crippen molar-refractivity contribution in [1.82, 2.24) is 10.3 Å². The number of primary amides is 1. The van der Waals surface area contributed by atoms with Crippen molar-refractivity contribution in [2.75, 3.05) is 7.11 Å². The first kappa shape index (κ1) is 15.1. The summed E-state index contributed by atoms with van der Waals surface area (Å²) in [7, 11) is 1.66. The molecule has 0 radical (unpaired) electrons. The van der Waals surface area contributed by atoms with E-state index in [2.05, 4.69) is 10.3 Å². The highest BCUT2D eigenvalue weighted by Gasteiger charge is 2.28. The second-order valence-electron chi connectivity index (χ2n) is 4.46. The summed E-state index contributed by atoms with van der Waals surface area (Å²) in [6.45, 7) is 6.22. The maximum atomic E-state index is 11.4. The minimum absolute atomic E-state index is 0.00236. The number of nitrogens with one attached hydrogen (secondary N) is 1. The summed E-state index contributed by atoms with van der Waals surface area (Å²) in [4.78, 5) is 15.8. The number of thiazole rings is 1. The monoisotopic (exact) mass is 271 g/mol. The summed E-state index contributed by atoms with van der Waals surface area (Å²) in [6.07, 6.45) is 0.644. The number of nitrogens with two attached hydrogens (primary N) is 1. The number of carbonyl (C=O) groups is 1. The number of rotatable bonds is 7. The van der Waals surface area contributed by atoms with Gasteiger partial charge in [0.1, 0.15) is 11.1 Å². The van der Waals surface area contributed by atoms with Crippen molar-refractivity contribution in [2.24, 2.45) is 5.73 Å². The lowest BCUT2D eigenvalue weighted by Gasteiger charge is -2.25. The molecule has 1 heterocycles. The minimum atomic E-state index is -0.684. The molecule has 0 aliphatic carbocycles. The zero-order valence-electron chi connectivity index (χ0n) is 11.3. The number of hydrogen-bond acceptors (Lipinski definition) is 5. The summed E-state index contributed by atoms with van der Waals surface area (Å²) in [5.74, 6) is -0.342. The topological polar surface area (TPSA) is 77.2 Å². The van der Waals surface area contributed by atoms with E-state index in [4.69, 9.17) is 10.5 Å². The van der Waals surface area contributed by atoms with Crippen LogP contribution in [0.5, 0.6) is 0 Å². The van der Waals surface area contributed by atoms with E-state index in [0.717, 1.165) is 10.7 Å². The van der Waals surface area contributed by atoms with Crippen LogP contribution < -0.4 is 11.1 Å². The maximum absolute atomic E-state index is 11.4. The molecule has 0 aromatic carbocycles.